The van der Waals surface area contributed by atoms with E-state index in [1.165, 1.54) is 30.0 Å². The van der Waals surface area contributed by atoms with Gasteiger partial charge in [-0.25, -0.2) is 4.39 Å². The summed E-state index contributed by atoms with van der Waals surface area (Å²) in [7, 11) is 0. The van der Waals surface area contributed by atoms with Crippen LogP contribution in [0.4, 0.5) is 10.1 Å². The monoisotopic (exact) mass is 299 g/mol. The molecule has 0 aliphatic rings. The van der Waals surface area contributed by atoms with Gasteiger partial charge >= 0.3 is 0 Å². The van der Waals surface area contributed by atoms with Crippen molar-refractivity contribution < 1.29 is 13.9 Å². The highest BCUT2D eigenvalue weighted by Gasteiger charge is 2.00. The fraction of sp³-hybridized carbons (Fsp3) is 0.167. The molecule has 0 fully saturated rings. The molecule has 0 radical (unpaired) electrons. The van der Waals surface area contributed by atoms with Gasteiger partial charge in [0.2, 0.25) is 0 Å². The molecule has 4 heteroatoms. The van der Waals surface area contributed by atoms with E-state index in [4.69, 9.17) is 4.74 Å². The van der Waals surface area contributed by atoms with Crippen LogP contribution in [-0.2, 0) is 16.1 Å². The van der Waals surface area contributed by atoms with Crippen molar-refractivity contribution in [2.45, 2.75) is 20.5 Å². The summed E-state index contributed by atoms with van der Waals surface area (Å²) in [5, 5.41) is 2.75. The van der Waals surface area contributed by atoms with Gasteiger partial charge in [0.1, 0.15) is 12.4 Å². The molecule has 2 aromatic rings. The molecule has 0 saturated carbocycles. The summed E-state index contributed by atoms with van der Waals surface area (Å²) in [4.78, 5) is 11.7. The molecule has 0 unspecified atom stereocenters. The maximum atomic E-state index is 13.0. The number of ether oxygens (including phenoxy) is 1. The van der Waals surface area contributed by atoms with E-state index in [9.17, 15) is 9.18 Å². The zero-order chi connectivity index (χ0) is 15.9. The van der Waals surface area contributed by atoms with E-state index in [0.29, 0.717) is 5.56 Å². The smallest absolute Gasteiger partial charge is 0.251 e. The largest absolute Gasteiger partial charge is 0.496 e. The van der Waals surface area contributed by atoms with E-state index in [1.807, 2.05) is 32.0 Å². The van der Waals surface area contributed by atoms with Crippen LogP contribution in [0.1, 0.15) is 16.7 Å². The zero-order valence-corrected chi connectivity index (χ0v) is 12.6. The van der Waals surface area contributed by atoms with E-state index >= 15 is 0 Å². The second-order valence-corrected chi connectivity index (χ2v) is 5.03. The van der Waals surface area contributed by atoms with Crippen molar-refractivity contribution in [1.82, 2.24) is 0 Å². The third-order valence-corrected chi connectivity index (χ3v) is 3.23. The van der Waals surface area contributed by atoms with Crippen molar-refractivity contribution in [2.24, 2.45) is 0 Å². The van der Waals surface area contributed by atoms with Crippen molar-refractivity contribution >= 4 is 11.6 Å². The van der Waals surface area contributed by atoms with E-state index in [2.05, 4.69) is 5.32 Å². The standard InChI is InChI=1S/C18H18FNO2/c1-13-6-7-17(10-14(13)2)20-18(21)8-9-22-12-15-4-3-5-16(19)11-15/h3-11H,12H2,1-2H3,(H,20,21). The Morgan fingerprint density at radius 2 is 2.00 bits per heavy atom. The lowest BCUT2D eigenvalue weighted by Crippen LogP contribution is -2.08. The highest BCUT2D eigenvalue weighted by Crippen LogP contribution is 2.14. The van der Waals surface area contributed by atoms with Crippen molar-refractivity contribution in [1.29, 1.82) is 0 Å². The Bertz CT molecular complexity index is 695. The van der Waals surface area contributed by atoms with Gasteiger partial charge in [-0.15, -0.1) is 0 Å². The normalized spacial score (nSPS) is 10.7. The van der Waals surface area contributed by atoms with Gasteiger partial charge in [0.15, 0.2) is 0 Å². The number of hydrogen-bond acceptors (Lipinski definition) is 2. The molecule has 0 aromatic heterocycles. The Labute approximate surface area is 129 Å². The molecule has 0 aliphatic carbocycles. The number of carbonyl (C=O) groups excluding carboxylic acids is 1. The number of halogens is 1. The van der Waals surface area contributed by atoms with E-state index < -0.39 is 0 Å². The molecule has 0 bridgehead atoms. The molecule has 0 saturated heterocycles. The highest BCUT2D eigenvalue weighted by molar-refractivity contribution is 5.99. The lowest BCUT2D eigenvalue weighted by Gasteiger charge is -2.05. The first-order valence-electron chi connectivity index (χ1n) is 6.95. The molecule has 1 N–H and O–H groups in total. The average molecular weight is 299 g/mol. The van der Waals surface area contributed by atoms with Gasteiger partial charge in [-0.1, -0.05) is 18.2 Å². The topological polar surface area (TPSA) is 38.3 Å². The molecule has 2 aromatic carbocycles. The quantitative estimate of drug-likeness (QED) is 0.666. The lowest BCUT2D eigenvalue weighted by atomic mass is 10.1. The van der Waals surface area contributed by atoms with E-state index in [-0.39, 0.29) is 18.3 Å². The molecular formula is C18H18FNO2. The summed E-state index contributed by atoms with van der Waals surface area (Å²) in [6.07, 6.45) is 2.61. The first-order valence-corrected chi connectivity index (χ1v) is 6.95. The Morgan fingerprint density at radius 3 is 2.73 bits per heavy atom. The summed E-state index contributed by atoms with van der Waals surface area (Å²) < 4.78 is 18.2. The Balaban J connectivity index is 1.82. The third-order valence-electron chi connectivity index (χ3n) is 3.23. The maximum Gasteiger partial charge on any atom is 0.251 e. The Morgan fingerprint density at radius 1 is 1.18 bits per heavy atom. The molecule has 1 amide bonds. The Hall–Kier alpha value is -2.62. The number of anilines is 1. The zero-order valence-electron chi connectivity index (χ0n) is 12.6. The third kappa shape index (κ3) is 4.74. The van der Waals surface area contributed by atoms with Gasteiger partial charge in [0.05, 0.1) is 6.26 Å². The summed E-state index contributed by atoms with van der Waals surface area (Å²) in [6, 6.07) is 11.8. The van der Waals surface area contributed by atoms with Gasteiger partial charge in [-0.3, -0.25) is 4.79 Å². The SMILES string of the molecule is Cc1ccc(NC(=O)C=COCc2cccc(F)c2)cc1C. The fourth-order valence-electron chi connectivity index (χ4n) is 1.88. The summed E-state index contributed by atoms with van der Waals surface area (Å²) in [6.45, 7) is 4.22. The van der Waals surface area contributed by atoms with Crippen molar-refractivity contribution in [2.75, 3.05) is 5.32 Å². The van der Waals surface area contributed by atoms with Crippen LogP contribution < -0.4 is 5.32 Å². The number of amides is 1. The number of nitrogens with one attached hydrogen (secondary N) is 1. The molecule has 2 rings (SSSR count). The minimum Gasteiger partial charge on any atom is -0.496 e. The van der Waals surface area contributed by atoms with Crippen LogP contribution in [0.15, 0.2) is 54.8 Å². The molecule has 0 heterocycles. The van der Waals surface area contributed by atoms with Crippen molar-refractivity contribution in [3.63, 3.8) is 0 Å². The summed E-state index contributed by atoms with van der Waals surface area (Å²) in [5.74, 6) is -0.583. The van der Waals surface area contributed by atoms with Crippen LogP contribution in [0, 0.1) is 19.7 Å². The van der Waals surface area contributed by atoms with Gasteiger partial charge in [0, 0.05) is 11.8 Å². The van der Waals surface area contributed by atoms with Crippen LogP contribution in [0.25, 0.3) is 0 Å². The molecule has 0 aliphatic heterocycles. The summed E-state index contributed by atoms with van der Waals surface area (Å²) in [5.41, 5.74) is 3.73. The molecule has 3 nitrogen and oxygen atoms in total. The van der Waals surface area contributed by atoms with Crippen LogP contribution in [0.2, 0.25) is 0 Å². The minimum absolute atomic E-state index is 0.213. The number of carbonyl (C=O) groups is 1. The highest BCUT2D eigenvalue weighted by atomic mass is 19.1. The van der Waals surface area contributed by atoms with Gasteiger partial charge in [0.25, 0.3) is 5.91 Å². The van der Waals surface area contributed by atoms with Gasteiger partial charge in [-0.2, -0.15) is 0 Å². The number of benzene rings is 2. The molecule has 0 atom stereocenters. The van der Waals surface area contributed by atoms with E-state index in [1.54, 1.807) is 12.1 Å². The van der Waals surface area contributed by atoms with E-state index in [0.717, 1.165) is 11.3 Å². The minimum atomic E-state index is -0.308. The predicted molar refractivity (Wildman–Crippen MR) is 84.9 cm³/mol. The van der Waals surface area contributed by atoms with Gasteiger partial charge in [-0.05, 0) is 54.8 Å². The number of rotatable bonds is 5. The molecule has 114 valence electrons. The van der Waals surface area contributed by atoms with Crippen LogP contribution in [-0.4, -0.2) is 5.91 Å². The average Bonchev–Trinajstić information content (AvgIpc) is 2.48. The number of aryl methyl sites for hydroxylation is 2. The molecule has 22 heavy (non-hydrogen) atoms. The summed E-state index contributed by atoms with van der Waals surface area (Å²) >= 11 is 0. The van der Waals surface area contributed by atoms with Crippen LogP contribution in [0.3, 0.4) is 0 Å². The van der Waals surface area contributed by atoms with Crippen molar-refractivity contribution in [3.8, 4) is 0 Å². The first-order chi connectivity index (χ1) is 10.5. The van der Waals surface area contributed by atoms with Crippen LogP contribution in [0.5, 0.6) is 0 Å². The van der Waals surface area contributed by atoms with Crippen LogP contribution >= 0.6 is 0 Å². The second-order valence-electron chi connectivity index (χ2n) is 5.03. The molecule has 0 spiro atoms. The fourth-order valence-corrected chi connectivity index (χ4v) is 1.88. The van der Waals surface area contributed by atoms with Crippen molar-refractivity contribution in [3.05, 3.63) is 77.3 Å². The second kappa shape index (κ2) is 7.41. The number of hydrogen-bond donors (Lipinski definition) is 1. The first kappa shape index (κ1) is 15.8. The molecular weight excluding hydrogens is 281 g/mol. The maximum absolute atomic E-state index is 13.0. The Kier molecular flexibility index (Phi) is 5.31. The lowest BCUT2D eigenvalue weighted by molar-refractivity contribution is -0.112. The van der Waals surface area contributed by atoms with Gasteiger partial charge < -0.3 is 10.1 Å². The predicted octanol–water partition coefficient (Wildman–Crippen LogP) is 4.11.